The number of fused-ring (bicyclic) bond motifs is 2. The van der Waals surface area contributed by atoms with Crippen molar-refractivity contribution in [1.29, 1.82) is 0 Å². The van der Waals surface area contributed by atoms with Crippen LogP contribution in [0.3, 0.4) is 0 Å². The van der Waals surface area contributed by atoms with Crippen LogP contribution in [0.25, 0.3) is 22.1 Å². The van der Waals surface area contributed by atoms with Crippen molar-refractivity contribution >= 4 is 22.1 Å². The van der Waals surface area contributed by atoms with Gasteiger partial charge in [0.25, 0.3) is 0 Å². The number of pyridine rings is 1. The van der Waals surface area contributed by atoms with Crippen LogP contribution in [-0.2, 0) is 6.61 Å². The summed E-state index contributed by atoms with van der Waals surface area (Å²) in [4.78, 5) is 13.5. The molecule has 3 aromatic heterocycles. The van der Waals surface area contributed by atoms with Gasteiger partial charge in [0.05, 0.1) is 25.4 Å². The Morgan fingerprint density at radius 1 is 0.879 bits per heavy atom. The Labute approximate surface area is 189 Å². The maximum atomic E-state index is 6.05. The van der Waals surface area contributed by atoms with Gasteiger partial charge in [0, 0.05) is 23.2 Å². The topological polar surface area (TPSA) is 95.0 Å². The van der Waals surface area contributed by atoms with Crippen molar-refractivity contribution < 1.29 is 14.2 Å². The smallest absolute Gasteiger partial charge is 0.250 e. The van der Waals surface area contributed by atoms with Crippen LogP contribution < -0.4 is 14.2 Å². The largest absolute Gasteiger partial charge is 0.497 e. The van der Waals surface area contributed by atoms with E-state index in [1.807, 2.05) is 42.5 Å². The molecule has 33 heavy (non-hydrogen) atoms. The molecular formula is C25H19N5O3. The molecule has 0 fully saturated rings. The highest BCUT2D eigenvalue weighted by Crippen LogP contribution is 2.23. The molecule has 0 aliphatic heterocycles. The summed E-state index contributed by atoms with van der Waals surface area (Å²) in [7, 11) is 3.19. The molecular weight excluding hydrogens is 418 g/mol. The first-order valence-electron chi connectivity index (χ1n) is 10.2. The summed E-state index contributed by atoms with van der Waals surface area (Å²) < 4.78 is 16.7. The molecule has 162 valence electrons. The van der Waals surface area contributed by atoms with Gasteiger partial charge in [0.15, 0.2) is 11.3 Å². The van der Waals surface area contributed by atoms with Gasteiger partial charge < -0.3 is 14.2 Å². The van der Waals surface area contributed by atoms with Crippen LogP contribution in [0.1, 0.15) is 17.0 Å². The lowest BCUT2D eigenvalue weighted by atomic mass is 10.2. The third-order valence-electron chi connectivity index (χ3n) is 4.98. The Bertz CT molecular complexity index is 1500. The number of benzene rings is 2. The molecule has 0 atom stereocenters. The predicted octanol–water partition coefficient (Wildman–Crippen LogP) is 3.90. The normalized spacial score (nSPS) is 10.6. The van der Waals surface area contributed by atoms with Gasteiger partial charge in [-0.05, 0) is 36.3 Å². The summed E-state index contributed by atoms with van der Waals surface area (Å²) in [6, 6.07) is 16.9. The van der Waals surface area contributed by atoms with Crippen molar-refractivity contribution in [2.75, 3.05) is 14.2 Å². The molecule has 8 nitrogen and oxygen atoms in total. The summed E-state index contributed by atoms with van der Waals surface area (Å²) >= 11 is 0. The van der Waals surface area contributed by atoms with Crippen molar-refractivity contribution in [1.82, 2.24) is 25.1 Å². The van der Waals surface area contributed by atoms with E-state index in [1.165, 1.54) is 0 Å². The highest BCUT2D eigenvalue weighted by molar-refractivity contribution is 5.81. The molecule has 0 radical (unpaired) electrons. The molecule has 0 aliphatic carbocycles. The van der Waals surface area contributed by atoms with Crippen molar-refractivity contribution in [2.45, 2.75) is 6.61 Å². The van der Waals surface area contributed by atoms with Crippen molar-refractivity contribution in [3.63, 3.8) is 0 Å². The molecule has 0 spiro atoms. The van der Waals surface area contributed by atoms with E-state index in [2.05, 4.69) is 37.0 Å². The maximum absolute atomic E-state index is 6.05. The van der Waals surface area contributed by atoms with Crippen LogP contribution in [-0.4, -0.2) is 39.4 Å². The van der Waals surface area contributed by atoms with E-state index >= 15 is 0 Å². The lowest BCUT2D eigenvalue weighted by molar-refractivity contribution is 0.289. The Balaban J connectivity index is 1.52. The minimum absolute atomic E-state index is 0.239. The fraction of sp³-hybridized carbons (Fsp3) is 0.120. The SMILES string of the molecule is COc1cc(C#Cc2nc3ncccc3nc2OCc2[nH]nc3ccccc23)cc(OC)c1. The molecule has 0 aliphatic rings. The van der Waals surface area contributed by atoms with Crippen LogP contribution in [0.15, 0.2) is 60.8 Å². The number of H-pyrrole nitrogens is 1. The van der Waals surface area contributed by atoms with Gasteiger partial charge in [-0.1, -0.05) is 24.1 Å². The molecule has 0 bridgehead atoms. The van der Waals surface area contributed by atoms with Crippen LogP contribution in [0.4, 0.5) is 0 Å². The van der Waals surface area contributed by atoms with Crippen LogP contribution in [0.2, 0.25) is 0 Å². The summed E-state index contributed by atoms with van der Waals surface area (Å²) in [5, 5.41) is 8.32. The summed E-state index contributed by atoms with van der Waals surface area (Å²) in [5.41, 5.74) is 3.92. The quantitative estimate of drug-likeness (QED) is 0.417. The number of aromatic nitrogens is 5. The zero-order valence-electron chi connectivity index (χ0n) is 18.0. The molecule has 5 aromatic rings. The van der Waals surface area contributed by atoms with Crippen molar-refractivity contribution in [2.24, 2.45) is 0 Å². The first-order chi connectivity index (χ1) is 16.2. The van der Waals surface area contributed by atoms with Gasteiger partial charge in [-0.25, -0.2) is 15.0 Å². The molecule has 2 aromatic carbocycles. The summed E-state index contributed by atoms with van der Waals surface area (Å²) in [6.07, 6.45) is 1.67. The zero-order chi connectivity index (χ0) is 22.6. The number of rotatable bonds is 5. The first kappa shape index (κ1) is 20.3. The Hall–Kier alpha value is -4.64. The number of nitrogens with one attached hydrogen (secondary N) is 1. The summed E-state index contributed by atoms with van der Waals surface area (Å²) in [6.45, 7) is 0.239. The molecule has 1 N–H and O–H groups in total. The number of nitrogens with zero attached hydrogens (tertiary/aromatic N) is 4. The van der Waals surface area contributed by atoms with E-state index in [9.17, 15) is 0 Å². The molecule has 0 saturated carbocycles. The highest BCUT2D eigenvalue weighted by Gasteiger charge is 2.12. The van der Waals surface area contributed by atoms with Crippen LogP contribution in [0.5, 0.6) is 17.4 Å². The van der Waals surface area contributed by atoms with Crippen molar-refractivity contribution in [3.8, 4) is 29.2 Å². The minimum atomic E-state index is 0.239. The third-order valence-corrected chi connectivity index (χ3v) is 4.98. The lowest BCUT2D eigenvalue weighted by Crippen LogP contribution is -2.03. The number of hydrogen-bond donors (Lipinski definition) is 1. The van der Waals surface area contributed by atoms with Gasteiger partial charge in [-0.3, -0.25) is 5.10 Å². The average molecular weight is 437 g/mol. The number of aromatic amines is 1. The molecule has 3 heterocycles. The fourth-order valence-corrected chi connectivity index (χ4v) is 3.34. The standard InChI is InChI=1S/C25H19N5O3/c1-31-17-12-16(13-18(14-17)32-2)9-10-22-25(28-21-8-5-11-26-24(21)27-22)33-15-23-19-6-3-4-7-20(19)29-30-23/h3-8,11-14H,15H2,1-2H3,(H,29,30). The number of hydrogen-bond acceptors (Lipinski definition) is 7. The minimum Gasteiger partial charge on any atom is -0.497 e. The van der Waals surface area contributed by atoms with E-state index in [-0.39, 0.29) is 6.61 Å². The number of methoxy groups -OCH3 is 2. The van der Waals surface area contributed by atoms with E-state index in [0.29, 0.717) is 39.8 Å². The monoisotopic (exact) mass is 437 g/mol. The third kappa shape index (κ3) is 4.25. The van der Waals surface area contributed by atoms with Crippen LogP contribution >= 0.6 is 0 Å². The lowest BCUT2D eigenvalue weighted by Gasteiger charge is -2.07. The van der Waals surface area contributed by atoms with Crippen molar-refractivity contribution in [3.05, 3.63) is 77.7 Å². The van der Waals surface area contributed by atoms with E-state index < -0.39 is 0 Å². The summed E-state index contributed by atoms with van der Waals surface area (Å²) in [5.74, 6) is 7.77. The first-order valence-corrected chi connectivity index (χ1v) is 10.2. The molecule has 8 heteroatoms. The zero-order valence-corrected chi connectivity index (χ0v) is 18.0. The van der Waals surface area contributed by atoms with E-state index in [1.54, 1.807) is 32.5 Å². The van der Waals surface area contributed by atoms with Gasteiger partial charge >= 0.3 is 0 Å². The second-order valence-electron chi connectivity index (χ2n) is 7.08. The molecule has 0 saturated heterocycles. The number of ether oxygens (including phenoxy) is 3. The predicted molar refractivity (Wildman–Crippen MR) is 123 cm³/mol. The second kappa shape index (κ2) is 8.85. The number of para-hydroxylation sites is 1. The highest BCUT2D eigenvalue weighted by atomic mass is 16.5. The van der Waals surface area contributed by atoms with E-state index in [4.69, 9.17) is 14.2 Å². The molecule has 5 rings (SSSR count). The molecule has 0 unspecified atom stereocenters. The Kier molecular flexibility index (Phi) is 5.43. The maximum Gasteiger partial charge on any atom is 0.250 e. The fourth-order valence-electron chi connectivity index (χ4n) is 3.34. The average Bonchev–Trinajstić information content (AvgIpc) is 3.28. The van der Waals surface area contributed by atoms with Crippen LogP contribution in [0, 0.1) is 11.8 Å². The second-order valence-corrected chi connectivity index (χ2v) is 7.08. The van der Waals surface area contributed by atoms with Gasteiger partial charge in [0.2, 0.25) is 5.88 Å². The molecule has 0 amide bonds. The van der Waals surface area contributed by atoms with Gasteiger partial charge in [-0.2, -0.15) is 5.10 Å². The van der Waals surface area contributed by atoms with Gasteiger partial charge in [0.1, 0.15) is 23.6 Å². The van der Waals surface area contributed by atoms with Gasteiger partial charge in [-0.15, -0.1) is 0 Å². The van der Waals surface area contributed by atoms with E-state index in [0.717, 1.165) is 16.6 Å². The Morgan fingerprint density at radius 2 is 1.67 bits per heavy atom. The Morgan fingerprint density at radius 3 is 2.48 bits per heavy atom.